The summed E-state index contributed by atoms with van der Waals surface area (Å²) in [6.07, 6.45) is 1.58. The molecule has 9 heavy (non-hydrogen) atoms. The Hall–Kier alpha value is 1.35. The van der Waals surface area contributed by atoms with Crippen LogP contribution in [-0.2, 0) is 32.9 Å². The first-order valence-electron chi connectivity index (χ1n) is 1.87. The fourth-order valence-electron chi connectivity index (χ4n) is 0.150. The molecule has 54 valence electrons. The summed E-state index contributed by atoms with van der Waals surface area (Å²) in [6, 6.07) is 0. The summed E-state index contributed by atoms with van der Waals surface area (Å²) in [5, 5.41) is 0. The van der Waals surface area contributed by atoms with Crippen molar-refractivity contribution < 1.29 is 30.9 Å². The number of rotatable bonds is 3. The second-order valence-electron chi connectivity index (χ2n) is 1.08. The molecular formula is C3H7O2PS2W. The molecule has 0 fully saturated rings. The molecule has 0 aliphatic rings. The Morgan fingerprint density at radius 3 is 2.22 bits per heavy atom. The van der Waals surface area contributed by atoms with E-state index in [4.69, 9.17) is 9.79 Å². The minimum atomic E-state index is -3.00. The normalized spacial score (nSPS) is 10.0. The van der Waals surface area contributed by atoms with Gasteiger partial charge >= 0.3 is 0 Å². The van der Waals surface area contributed by atoms with Gasteiger partial charge in [0.25, 0.3) is 0 Å². The van der Waals surface area contributed by atoms with Crippen LogP contribution in [0.1, 0.15) is 0 Å². The predicted molar refractivity (Wildman–Crippen MR) is 41.4 cm³/mol. The van der Waals surface area contributed by atoms with Gasteiger partial charge in [0, 0.05) is 26.8 Å². The molecule has 0 aliphatic heterocycles. The standard InChI is InChI=1S/C3H7O2PS2.W/c1-2-3-8-6(4,5)7;/h2H,1,3H2,(H2,4,5,7);. The summed E-state index contributed by atoms with van der Waals surface area (Å²) >= 11 is 5.24. The van der Waals surface area contributed by atoms with Crippen LogP contribution in [0.2, 0.25) is 0 Å². The van der Waals surface area contributed by atoms with Crippen molar-refractivity contribution in [2.24, 2.45) is 0 Å². The van der Waals surface area contributed by atoms with Crippen LogP contribution >= 0.6 is 17.1 Å². The summed E-state index contributed by atoms with van der Waals surface area (Å²) in [6.45, 7) is 3.39. The van der Waals surface area contributed by atoms with E-state index in [1.165, 1.54) is 0 Å². The van der Waals surface area contributed by atoms with E-state index < -0.39 is 5.69 Å². The van der Waals surface area contributed by atoms with Crippen LogP contribution < -0.4 is 0 Å². The Labute approximate surface area is 77.9 Å². The molecule has 0 radical (unpaired) electrons. The van der Waals surface area contributed by atoms with E-state index in [0.29, 0.717) is 5.75 Å². The Kier molecular flexibility index (Phi) is 8.77. The maximum absolute atomic E-state index is 8.55. The molecule has 0 heterocycles. The van der Waals surface area contributed by atoms with Crippen molar-refractivity contribution in [3.63, 3.8) is 0 Å². The van der Waals surface area contributed by atoms with E-state index in [-0.39, 0.29) is 21.1 Å². The van der Waals surface area contributed by atoms with Crippen molar-refractivity contribution >= 4 is 28.9 Å². The number of hydrogen-bond donors (Lipinski definition) is 2. The summed E-state index contributed by atoms with van der Waals surface area (Å²) < 4.78 is 0. The van der Waals surface area contributed by atoms with Crippen LogP contribution in [0.25, 0.3) is 0 Å². The van der Waals surface area contributed by atoms with Crippen LogP contribution in [0.4, 0.5) is 0 Å². The Bertz CT molecular complexity index is 123. The third-order valence-electron chi connectivity index (χ3n) is 0.361. The van der Waals surface area contributed by atoms with Crippen molar-refractivity contribution in [2.45, 2.75) is 0 Å². The molecule has 0 bridgehead atoms. The van der Waals surface area contributed by atoms with Crippen LogP contribution in [0.3, 0.4) is 0 Å². The topological polar surface area (TPSA) is 40.5 Å². The van der Waals surface area contributed by atoms with Crippen molar-refractivity contribution in [3.8, 4) is 0 Å². The Morgan fingerprint density at radius 2 is 2.11 bits per heavy atom. The maximum atomic E-state index is 8.55. The molecule has 0 aromatic carbocycles. The molecule has 0 saturated heterocycles. The van der Waals surface area contributed by atoms with Gasteiger partial charge in [-0.05, 0) is 11.8 Å². The summed E-state index contributed by atoms with van der Waals surface area (Å²) in [5.41, 5.74) is -3.00. The molecule has 0 aromatic rings. The van der Waals surface area contributed by atoms with Gasteiger partial charge in [-0.2, -0.15) is 0 Å². The summed E-state index contributed by atoms with van der Waals surface area (Å²) in [5.74, 6) is 0.504. The molecule has 0 rings (SSSR count). The zero-order chi connectivity index (χ0) is 6.62. The van der Waals surface area contributed by atoms with E-state index in [1.54, 1.807) is 6.08 Å². The average Bonchev–Trinajstić information content (AvgIpc) is 1.59. The van der Waals surface area contributed by atoms with Crippen molar-refractivity contribution in [3.05, 3.63) is 12.7 Å². The quantitative estimate of drug-likeness (QED) is 0.589. The zero-order valence-corrected chi connectivity index (χ0v) is 10.0. The van der Waals surface area contributed by atoms with Gasteiger partial charge in [-0.25, -0.2) is 0 Å². The molecular weight excluding hydrogens is 347 g/mol. The molecule has 0 unspecified atom stereocenters. The fourth-order valence-corrected chi connectivity index (χ4v) is 1.90. The number of hydrogen-bond acceptors (Lipinski definition) is 2. The van der Waals surface area contributed by atoms with Gasteiger partial charge in [0.15, 0.2) is 0 Å². The van der Waals surface area contributed by atoms with Gasteiger partial charge in [-0.3, -0.25) is 0 Å². The first kappa shape index (κ1) is 13.0. The third-order valence-corrected chi connectivity index (χ3v) is 3.49. The van der Waals surface area contributed by atoms with Gasteiger partial charge in [0.1, 0.15) is 0 Å². The molecule has 0 aromatic heterocycles. The fraction of sp³-hybridized carbons (Fsp3) is 0.333. The van der Waals surface area contributed by atoms with Crippen molar-refractivity contribution in [1.82, 2.24) is 0 Å². The zero-order valence-electron chi connectivity index (χ0n) is 4.56. The van der Waals surface area contributed by atoms with E-state index in [0.717, 1.165) is 11.4 Å². The van der Waals surface area contributed by atoms with E-state index >= 15 is 0 Å². The smallest absolute Gasteiger partial charge is 0.242 e. The summed E-state index contributed by atoms with van der Waals surface area (Å²) in [7, 11) is 0. The molecule has 0 saturated carbocycles. The van der Waals surface area contributed by atoms with Gasteiger partial charge in [-0.15, -0.1) is 6.58 Å². The molecule has 2 N–H and O–H groups in total. The SMILES string of the molecule is C=CCSP(O)(O)=S.[W]. The monoisotopic (exact) mass is 354 g/mol. The second-order valence-corrected chi connectivity index (χ2v) is 7.17. The van der Waals surface area contributed by atoms with Crippen LogP contribution in [0, 0.1) is 0 Å². The first-order valence-corrected chi connectivity index (χ1v) is 6.17. The largest absolute Gasteiger partial charge is 0.338 e. The van der Waals surface area contributed by atoms with Crippen LogP contribution in [0.15, 0.2) is 12.7 Å². The molecule has 2 nitrogen and oxygen atoms in total. The van der Waals surface area contributed by atoms with Crippen LogP contribution in [-0.4, -0.2) is 15.5 Å². The van der Waals surface area contributed by atoms with Gasteiger partial charge in [0.05, 0.1) is 0 Å². The molecule has 0 spiro atoms. The van der Waals surface area contributed by atoms with E-state index in [9.17, 15) is 0 Å². The molecule has 0 atom stereocenters. The van der Waals surface area contributed by atoms with E-state index in [2.05, 4.69) is 18.4 Å². The predicted octanol–water partition coefficient (Wildman–Crippen LogP) is 1.11. The van der Waals surface area contributed by atoms with Gasteiger partial charge in [-0.1, -0.05) is 17.5 Å². The maximum Gasteiger partial charge on any atom is 0.242 e. The van der Waals surface area contributed by atoms with Gasteiger partial charge in [0.2, 0.25) is 5.69 Å². The van der Waals surface area contributed by atoms with Crippen molar-refractivity contribution in [2.75, 3.05) is 5.75 Å². The first-order chi connectivity index (χ1) is 3.56. The van der Waals surface area contributed by atoms with Gasteiger partial charge < -0.3 is 9.79 Å². The molecule has 0 aliphatic carbocycles. The minimum Gasteiger partial charge on any atom is -0.338 e. The van der Waals surface area contributed by atoms with Crippen molar-refractivity contribution in [1.29, 1.82) is 0 Å². The Morgan fingerprint density at radius 1 is 1.67 bits per heavy atom. The van der Waals surface area contributed by atoms with E-state index in [1.807, 2.05) is 0 Å². The molecule has 6 heteroatoms. The Balaban J connectivity index is 0. The molecule has 0 amide bonds. The second kappa shape index (κ2) is 6.08. The third kappa shape index (κ3) is 12.5. The summed E-state index contributed by atoms with van der Waals surface area (Å²) in [4.78, 5) is 17.1. The minimum absolute atomic E-state index is 0. The van der Waals surface area contributed by atoms with Crippen LogP contribution in [0.5, 0.6) is 0 Å². The average molecular weight is 354 g/mol.